The molecule has 5 nitrogen and oxygen atoms in total. The lowest BCUT2D eigenvalue weighted by Crippen LogP contribution is -2.48. The molecule has 5 heteroatoms. The van der Waals surface area contributed by atoms with Gasteiger partial charge in [0.1, 0.15) is 0 Å². The fraction of sp³-hybridized carbons (Fsp3) is 0.550. The highest BCUT2D eigenvalue weighted by Crippen LogP contribution is 2.19. The number of hydrogen-bond donors (Lipinski definition) is 3. The van der Waals surface area contributed by atoms with Crippen molar-refractivity contribution in [3.05, 3.63) is 36.0 Å². The number of aromatic amines is 1. The van der Waals surface area contributed by atoms with E-state index in [9.17, 15) is 4.79 Å². The summed E-state index contributed by atoms with van der Waals surface area (Å²) in [4.78, 5) is 17.7. The van der Waals surface area contributed by atoms with Crippen LogP contribution in [0.4, 0.5) is 4.79 Å². The first-order valence-electron chi connectivity index (χ1n) is 9.58. The van der Waals surface area contributed by atoms with Gasteiger partial charge >= 0.3 is 6.03 Å². The van der Waals surface area contributed by atoms with E-state index in [-0.39, 0.29) is 6.03 Å². The van der Waals surface area contributed by atoms with Crippen LogP contribution in [-0.4, -0.2) is 48.1 Å². The number of aromatic nitrogens is 1. The topological polar surface area (TPSA) is 60.2 Å². The molecule has 136 valence electrons. The first-order valence-corrected chi connectivity index (χ1v) is 9.58. The SMILES string of the molecule is CCCCNC(=O)NC1CCN(CCc2c[nH]c3ccccc23)CC1. The maximum absolute atomic E-state index is 11.8. The van der Waals surface area contributed by atoms with E-state index in [0.717, 1.165) is 58.3 Å². The lowest BCUT2D eigenvalue weighted by atomic mass is 10.0. The highest BCUT2D eigenvalue weighted by Gasteiger charge is 2.20. The minimum absolute atomic E-state index is 0.00862. The monoisotopic (exact) mass is 342 g/mol. The van der Waals surface area contributed by atoms with Gasteiger partial charge in [0.25, 0.3) is 0 Å². The molecule has 1 aromatic carbocycles. The predicted molar refractivity (Wildman–Crippen MR) is 103 cm³/mol. The number of likely N-dealkylation sites (tertiary alicyclic amines) is 1. The molecular weight excluding hydrogens is 312 g/mol. The maximum atomic E-state index is 11.8. The summed E-state index contributed by atoms with van der Waals surface area (Å²) in [5.74, 6) is 0. The quantitative estimate of drug-likeness (QED) is 0.676. The molecule has 2 heterocycles. The number of piperidine rings is 1. The van der Waals surface area contributed by atoms with Gasteiger partial charge in [-0.1, -0.05) is 31.5 Å². The van der Waals surface area contributed by atoms with E-state index in [0.29, 0.717) is 6.04 Å². The van der Waals surface area contributed by atoms with Gasteiger partial charge in [0.15, 0.2) is 0 Å². The number of hydrogen-bond acceptors (Lipinski definition) is 2. The van der Waals surface area contributed by atoms with Crippen molar-refractivity contribution in [2.24, 2.45) is 0 Å². The van der Waals surface area contributed by atoms with E-state index >= 15 is 0 Å². The van der Waals surface area contributed by atoms with Crippen LogP contribution in [0.1, 0.15) is 38.2 Å². The first kappa shape index (κ1) is 17.8. The molecule has 1 aliphatic heterocycles. The Balaban J connectivity index is 1.38. The fourth-order valence-electron chi connectivity index (χ4n) is 3.53. The molecule has 25 heavy (non-hydrogen) atoms. The van der Waals surface area contributed by atoms with E-state index in [4.69, 9.17) is 0 Å². The van der Waals surface area contributed by atoms with Crippen molar-refractivity contribution >= 4 is 16.9 Å². The third-order valence-electron chi connectivity index (χ3n) is 5.11. The molecule has 0 saturated carbocycles. The number of unbranched alkanes of at least 4 members (excludes halogenated alkanes) is 1. The number of amides is 2. The van der Waals surface area contributed by atoms with Gasteiger partial charge in [-0.05, 0) is 37.3 Å². The van der Waals surface area contributed by atoms with Crippen LogP contribution in [0.2, 0.25) is 0 Å². The average Bonchev–Trinajstić information content (AvgIpc) is 3.05. The zero-order valence-electron chi connectivity index (χ0n) is 15.2. The Hall–Kier alpha value is -2.01. The van der Waals surface area contributed by atoms with Crippen molar-refractivity contribution in [3.63, 3.8) is 0 Å². The van der Waals surface area contributed by atoms with Crippen LogP contribution < -0.4 is 10.6 Å². The van der Waals surface area contributed by atoms with Gasteiger partial charge in [-0.3, -0.25) is 0 Å². The van der Waals surface area contributed by atoms with Crippen LogP contribution in [0.5, 0.6) is 0 Å². The Kier molecular flexibility index (Phi) is 6.34. The molecule has 0 unspecified atom stereocenters. The van der Waals surface area contributed by atoms with Crippen molar-refractivity contribution in [1.29, 1.82) is 0 Å². The molecule has 1 aliphatic rings. The highest BCUT2D eigenvalue weighted by molar-refractivity contribution is 5.83. The Morgan fingerprint density at radius 2 is 2.08 bits per heavy atom. The summed E-state index contributed by atoms with van der Waals surface area (Å²) in [6.07, 6.45) is 7.43. The normalized spacial score (nSPS) is 16.2. The number of carbonyl (C=O) groups is 1. The zero-order valence-corrected chi connectivity index (χ0v) is 15.2. The summed E-state index contributed by atoms with van der Waals surface area (Å²) in [6.45, 7) is 6.10. The van der Waals surface area contributed by atoms with Gasteiger partial charge in [-0.2, -0.15) is 0 Å². The summed E-state index contributed by atoms with van der Waals surface area (Å²) in [6, 6.07) is 8.79. The number of carbonyl (C=O) groups excluding carboxylic acids is 1. The molecule has 1 aromatic heterocycles. The molecule has 0 aliphatic carbocycles. The van der Waals surface area contributed by atoms with Crippen LogP contribution >= 0.6 is 0 Å². The third-order valence-corrected chi connectivity index (χ3v) is 5.11. The molecule has 3 rings (SSSR count). The van der Waals surface area contributed by atoms with Crippen LogP contribution in [-0.2, 0) is 6.42 Å². The predicted octanol–water partition coefficient (Wildman–Crippen LogP) is 3.27. The molecule has 0 atom stereocenters. The maximum Gasteiger partial charge on any atom is 0.315 e. The van der Waals surface area contributed by atoms with Gasteiger partial charge in [-0.25, -0.2) is 4.79 Å². The number of nitrogens with zero attached hydrogens (tertiary/aromatic N) is 1. The fourth-order valence-corrected chi connectivity index (χ4v) is 3.53. The largest absolute Gasteiger partial charge is 0.361 e. The van der Waals surface area contributed by atoms with Crippen molar-refractivity contribution in [1.82, 2.24) is 20.5 Å². The molecule has 2 aromatic rings. The third kappa shape index (κ3) is 4.98. The molecule has 3 N–H and O–H groups in total. The summed E-state index contributed by atoms with van der Waals surface area (Å²) >= 11 is 0. The Bertz CT molecular complexity index is 673. The molecule has 0 radical (unpaired) electrons. The zero-order chi connectivity index (χ0) is 17.5. The Morgan fingerprint density at radius 1 is 1.28 bits per heavy atom. The summed E-state index contributed by atoms with van der Waals surface area (Å²) in [5.41, 5.74) is 2.61. The number of fused-ring (bicyclic) bond motifs is 1. The van der Waals surface area contributed by atoms with E-state index in [1.54, 1.807) is 0 Å². The van der Waals surface area contributed by atoms with E-state index < -0.39 is 0 Å². The second-order valence-corrected chi connectivity index (χ2v) is 6.98. The minimum atomic E-state index is -0.00862. The first-order chi connectivity index (χ1) is 12.3. The molecular formula is C20H30N4O. The van der Waals surface area contributed by atoms with Crippen molar-refractivity contribution in [2.45, 2.75) is 45.1 Å². The van der Waals surface area contributed by atoms with E-state index in [1.807, 2.05) is 0 Å². The lowest BCUT2D eigenvalue weighted by Gasteiger charge is -2.32. The van der Waals surface area contributed by atoms with Crippen molar-refractivity contribution in [3.8, 4) is 0 Å². The van der Waals surface area contributed by atoms with Crippen molar-refractivity contribution < 1.29 is 4.79 Å². The Morgan fingerprint density at radius 3 is 2.88 bits per heavy atom. The van der Waals surface area contributed by atoms with Crippen LogP contribution in [0.15, 0.2) is 30.5 Å². The smallest absolute Gasteiger partial charge is 0.315 e. The van der Waals surface area contributed by atoms with Crippen LogP contribution in [0.3, 0.4) is 0 Å². The second kappa shape index (κ2) is 8.90. The Labute approximate surface area is 150 Å². The number of rotatable bonds is 7. The summed E-state index contributed by atoms with van der Waals surface area (Å²) < 4.78 is 0. The molecule has 0 bridgehead atoms. The minimum Gasteiger partial charge on any atom is -0.361 e. The van der Waals surface area contributed by atoms with Gasteiger partial charge < -0.3 is 20.5 Å². The number of H-pyrrole nitrogens is 1. The number of urea groups is 1. The van der Waals surface area contributed by atoms with Gasteiger partial charge in [0, 0.05) is 49.3 Å². The summed E-state index contributed by atoms with van der Waals surface area (Å²) in [5, 5.41) is 7.38. The van der Waals surface area contributed by atoms with Gasteiger partial charge in [0.05, 0.1) is 0 Å². The molecule has 1 fully saturated rings. The average molecular weight is 342 g/mol. The van der Waals surface area contributed by atoms with Crippen LogP contribution in [0.25, 0.3) is 10.9 Å². The number of para-hydroxylation sites is 1. The van der Waals surface area contributed by atoms with Gasteiger partial charge in [0.2, 0.25) is 0 Å². The highest BCUT2D eigenvalue weighted by atomic mass is 16.2. The molecule has 0 spiro atoms. The van der Waals surface area contributed by atoms with Crippen molar-refractivity contribution in [2.75, 3.05) is 26.2 Å². The van der Waals surface area contributed by atoms with E-state index in [2.05, 4.69) is 57.9 Å². The van der Waals surface area contributed by atoms with Gasteiger partial charge in [-0.15, -0.1) is 0 Å². The number of benzene rings is 1. The number of nitrogens with one attached hydrogen (secondary N) is 3. The second-order valence-electron chi connectivity index (χ2n) is 6.98. The lowest BCUT2D eigenvalue weighted by molar-refractivity contribution is 0.194. The standard InChI is InChI=1S/C20H30N4O/c1-2-3-11-21-20(25)23-17-9-13-24(14-10-17)12-8-16-15-22-19-7-5-4-6-18(16)19/h4-7,15,17,22H,2-3,8-14H2,1H3,(H2,21,23,25). The molecule has 1 saturated heterocycles. The molecule has 2 amide bonds. The summed E-state index contributed by atoms with van der Waals surface area (Å²) in [7, 11) is 0. The van der Waals surface area contributed by atoms with Crippen LogP contribution in [0, 0.1) is 0 Å². The van der Waals surface area contributed by atoms with E-state index in [1.165, 1.54) is 16.5 Å².